The van der Waals surface area contributed by atoms with Crippen molar-refractivity contribution in [1.29, 1.82) is 0 Å². The summed E-state index contributed by atoms with van der Waals surface area (Å²) in [4.78, 5) is 52.4. The molecule has 8 rings (SSSR count). The van der Waals surface area contributed by atoms with E-state index in [1.807, 2.05) is 73.7 Å². The standard InChI is InChI=1S/C45H38N2O10S/c1-26-19-32(53-2)14-17-34(26)40-35-16-11-30(48)21-37(35)57-38-22-33(15-18-36(38)40)55-23-28-9-12-31(13-10-28)56-24-29-25-58-44-45(54-3,43(52)47(44)41(29)42(50)51)46-39(49)20-27-7-5-4-6-8-27/h4-19,21-22,44H,20,23-25H2,1-3H3,(H,46,49)(H,50,51). The quantitative estimate of drug-likeness (QED) is 0.0721. The van der Waals surface area contributed by atoms with Gasteiger partial charge in [-0.1, -0.05) is 48.5 Å². The second-order valence-corrected chi connectivity index (χ2v) is 15.0. The minimum atomic E-state index is -1.68. The van der Waals surface area contributed by atoms with Gasteiger partial charge in [0.2, 0.25) is 5.91 Å². The van der Waals surface area contributed by atoms with Crippen molar-refractivity contribution in [1.82, 2.24) is 10.2 Å². The number of ether oxygens (including phenoxy) is 4. The molecule has 2 N–H and O–H groups in total. The number of nitrogens with zero attached hydrogens (tertiary/aromatic N) is 1. The molecular weight excluding hydrogens is 761 g/mol. The maximum absolute atomic E-state index is 13.5. The van der Waals surface area contributed by atoms with Crippen LogP contribution in [0.5, 0.6) is 17.2 Å². The predicted molar refractivity (Wildman–Crippen MR) is 218 cm³/mol. The summed E-state index contributed by atoms with van der Waals surface area (Å²) in [5.74, 6) is 0.183. The molecule has 2 unspecified atom stereocenters. The number of carbonyl (C=O) groups is 3. The van der Waals surface area contributed by atoms with Crippen LogP contribution in [0, 0.1) is 6.92 Å². The molecule has 1 fully saturated rings. The van der Waals surface area contributed by atoms with Crippen LogP contribution in [0.25, 0.3) is 33.4 Å². The number of hydrogen-bond acceptors (Lipinski definition) is 10. The Labute approximate surface area is 337 Å². The first-order valence-electron chi connectivity index (χ1n) is 18.4. The largest absolute Gasteiger partial charge is 0.497 e. The zero-order chi connectivity index (χ0) is 40.6. The summed E-state index contributed by atoms with van der Waals surface area (Å²) < 4.78 is 29.4. The summed E-state index contributed by atoms with van der Waals surface area (Å²) in [6.45, 7) is 2.19. The van der Waals surface area contributed by atoms with Gasteiger partial charge in [-0.2, -0.15) is 0 Å². The minimum absolute atomic E-state index is 0.0388. The number of nitrogens with one attached hydrogen (secondary N) is 1. The van der Waals surface area contributed by atoms with E-state index in [0.717, 1.165) is 49.4 Å². The second kappa shape index (κ2) is 15.8. The van der Waals surface area contributed by atoms with Crippen molar-refractivity contribution in [2.75, 3.05) is 26.6 Å². The topological polar surface area (TPSA) is 154 Å². The zero-order valence-electron chi connectivity index (χ0n) is 31.8. The van der Waals surface area contributed by atoms with Gasteiger partial charge in [-0.05, 0) is 77.7 Å². The molecule has 12 nitrogen and oxygen atoms in total. The van der Waals surface area contributed by atoms with Crippen molar-refractivity contribution in [3.8, 4) is 39.7 Å². The molecular formula is C45H38N2O10S. The summed E-state index contributed by atoms with van der Waals surface area (Å²) in [5.41, 5.74) is 4.35. The van der Waals surface area contributed by atoms with Crippen LogP contribution >= 0.6 is 11.8 Å². The van der Waals surface area contributed by atoms with Gasteiger partial charge in [0.15, 0.2) is 5.43 Å². The van der Waals surface area contributed by atoms with Gasteiger partial charge in [-0.25, -0.2) is 4.79 Å². The van der Waals surface area contributed by atoms with Crippen LogP contribution in [-0.2, 0) is 32.1 Å². The highest BCUT2D eigenvalue weighted by atomic mass is 32.2. The van der Waals surface area contributed by atoms with Crippen LogP contribution in [-0.4, -0.2) is 65.5 Å². The number of β-lactam (4-membered cyclic amide) rings is 1. The first-order chi connectivity index (χ1) is 28.1. The molecule has 0 radical (unpaired) electrons. The number of fused-ring (bicyclic) bond motifs is 3. The molecule has 1 saturated heterocycles. The summed E-state index contributed by atoms with van der Waals surface area (Å²) in [6.07, 6.45) is 0.0388. The Balaban J connectivity index is 0.940. The average Bonchev–Trinajstić information content (AvgIpc) is 3.23. The van der Waals surface area contributed by atoms with Crippen LogP contribution in [0.1, 0.15) is 16.7 Å². The number of aryl methyl sites for hydroxylation is 1. The molecule has 13 heteroatoms. The highest BCUT2D eigenvalue weighted by Gasteiger charge is 2.66. The van der Waals surface area contributed by atoms with Gasteiger partial charge in [-0.15, -0.1) is 11.8 Å². The number of benzene rings is 5. The summed E-state index contributed by atoms with van der Waals surface area (Å²) in [7, 11) is 2.95. The summed E-state index contributed by atoms with van der Waals surface area (Å²) >= 11 is 1.29. The number of methoxy groups -OCH3 is 2. The van der Waals surface area contributed by atoms with Gasteiger partial charge in [0, 0.05) is 47.1 Å². The van der Waals surface area contributed by atoms with Crippen LogP contribution in [0.3, 0.4) is 0 Å². The molecule has 2 amide bonds. The Bertz CT molecular complexity index is 2620. The van der Waals surface area contributed by atoms with Gasteiger partial charge in [0.25, 0.3) is 11.6 Å². The van der Waals surface area contributed by atoms with E-state index < -0.39 is 28.9 Å². The highest BCUT2D eigenvalue weighted by molar-refractivity contribution is 8.00. The van der Waals surface area contributed by atoms with Crippen LogP contribution in [0.4, 0.5) is 0 Å². The molecule has 0 bridgehead atoms. The van der Waals surface area contributed by atoms with Crippen LogP contribution < -0.4 is 25.0 Å². The Kier molecular flexibility index (Phi) is 10.4. The fraction of sp³-hybridized carbons (Fsp3) is 0.200. The van der Waals surface area contributed by atoms with E-state index in [0.29, 0.717) is 28.4 Å². The maximum atomic E-state index is 13.5. The number of amides is 2. The van der Waals surface area contributed by atoms with Gasteiger partial charge in [0.1, 0.15) is 52.9 Å². The molecule has 294 valence electrons. The van der Waals surface area contributed by atoms with Crippen molar-refractivity contribution in [3.05, 3.63) is 147 Å². The maximum Gasteiger partial charge on any atom is 0.352 e. The molecule has 3 aliphatic heterocycles. The van der Waals surface area contributed by atoms with E-state index >= 15 is 0 Å². The van der Waals surface area contributed by atoms with E-state index in [4.69, 9.17) is 23.4 Å². The Morgan fingerprint density at radius 1 is 0.845 bits per heavy atom. The third-order valence-corrected chi connectivity index (χ3v) is 11.7. The van der Waals surface area contributed by atoms with Gasteiger partial charge in [0.05, 0.1) is 13.5 Å². The molecule has 4 aromatic rings. The van der Waals surface area contributed by atoms with Crippen LogP contribution in [0.2, 0.25) is 0 Å². The zero-order valence-corrected chi connectivity index (χ0v) is 32.6. The third kappa shape index (κ3) is 7.14. The van der Waals surface area contributed by atoms with E-state index in [1.54, 1.807) is 37.4 Å². The van der Waals surface area contributed by atoms with Crippen LogP contribution in [0.15, 0.2) is 130 Å². The molecule has 0 saturated carbocycles. The normalized spacial score (nSPS) is 17.5. The smallest absolute Gasteiger partial charge is 0.352 e. The lowest BCUT2D eigenvalue weighted by molar-refractivity contribution is -0.192. The van der Waals surface area contributed by atoms with Crippen molar-refractivity contribution in [2.24, 2.45) is 0 Å². The first kappa shape index (κ1) is 38.3. The highest BCUT2D eigenvalue weighted by Crippen LogP contribution is 2.47. The second-order valence-electron chi connectivity index (χ2n) is 13.9. The molecule has 0 aromatic heterocycles. The molecule has 2 atom stereocenters. The molecule has 1 aliphatic carbocycles. The predicted octanol–water partition coefficient (Wildman–Crippen LogP) is 6.80. The number of carboxylic acids is 1. The Hall–Kier alpha value is -6.57. The minimum Gasteiger partial charge on any atom is -0.497 e. The fourth-order valence-electron chi connectivity index (χ4n) is 7.38. The fourth-order valence-corrected chi connectivity index (χ4v) is 8.80. The molecule has 3 heterocycles. The van der Waals surface area contributed by atoms with Crippen molar-refractivity contribution in [3.63, 3.8) is 0 Å². The molecule has 58 heavy (non-hydrogen) atoms. The lowest BCUT2D eigenvalue weighted by Crippen LogP contribution is -2.80. The average molecular weight is 799 g/mol. The van der Waals surface area contributed by atoms with E-state index in [2.05, 4.69) is 5.32 Å². The first-order valence-corrected chi connectivity index (χ1v) is 19.4. The molecule has 4 aromatic carbocycles. The van der Waals surface area contributed by atoms with E-state index in [-0.39, 0.29) is 36.5 Å². The van der Waals surface area contributed by atoms with Gasteiger partial charge >= 0.3 is 5.97 Å². The Morgan fingerprint density at radius 3 is 2.29 bits per heavy atom. The van der Waals surface area contributed by atoms with Crippen molar-refractivity contribution >= 4 is 40.5 Å². The number of rotatable bonds is 13. The van der Waals surface area contributed by atoms with Gasteiger partial charge in [-0.3, -0.25) is 19.3 Å². The van der Waals surface area contributed by atoms with Crippen molar-refractivity contribution in [2.45, 2.75) is 31.1 Å². The summed E-state index contributed by atoms with van der Waals surface area (Å²) in [5, 5.41) is 13.0. The number of carbonyl (C=O) groups excluding carboxylic acids is 2. The summed E-state index contributed by atoms with van der Waals surface area (Å²) in [6, 6.07) is 32.6. The van der Waals surface area contributed by atoms with E-state index in [9.17, 15) is 24.3 Å². The number of hydrogen-bond donors (Lipinski definition) is 2. The number of carboxylic acid groups (broad SMARTS) is 1. The molecule has 4 aliphatic rings. The molecule has 0 spiro atoms. The number of aliphatic carboxylic acids is 1. The van der Waals surface area contributed by atoms with Gasteiger partial charge < -0.3 is 33.8 Å². The SMILES string of the molecule is COc1ccc(-c2c3ccc(=O)cc-3oc3cc(OCc4ccc(OCC5=C(C(=O)O)N6C(=O)C(NC(=O)Cc7ccccc7)(OC)C6SC5)cc4)ccc23)c(C)c1. The third-order valence-electron chi connectivity index (χ3n) is 10.3. The monoisotopic (exact) mass is 798 g/mol. The number of thioether (sulfide) groups is 1. The lowest BCUT2D eigenvalue weighted by atomic mass is 9.91. The van der Waals surface area contributed by atoms with Crippen molar-refractivity contribution < 1.29 is 42.9 Å². The lowest BCUT2D eigenvalue weighted by Gasteiger charge is -2.55. The van der Waals surface area contributed by atoms with E-state index in [1.165, 1.54) is 31.0 Å². The Morgan fingerprint density at radius 2 is 1.57 bits per heavy atom.